The standard InChI is InChI=1S/C18H12F6N4O2/c19-17(20,21)13-7-3-1-5-11(13)9-25-27-15(29)16(30)28-26-10-12-6-2-4-8-14(12)18(22,23)24/h1-10H,(H,27,29)(H,28,30). The molecule has 2 aromatic carbocycles. The molecule has 0 radical (unpaired) electrons. The minimum Gasteiger partial charge on any atom is -0.262 e. The van der Waals surface area contributed by atoms with Crippen LogP contribution in [0.5, 0.6) is 0 Å². The van der Waals surface area contributed by atoms with Crippen molar-refractivity contribution < 1.29 is 35.9 Å². The van der Waals surface area contributed by atoms with Crippen LogP contribution in [-0.2, 0) is 21.9 Å². The van der Waals surface area contributed by atoms with E-state index in [1.54, 1.807) is 10.9 Å². The number of hydrogen-bond acceptors (Lipinski definition) is 4. The van der Waals surface area contributed by atoms with Gasteiger partial charge in [0.05, 0.1) is 23.6 Å². The number of benzene rings is 2. The minimum atomic E-state index is -4.65. The molecule has 0 aromatic heterocycles. The molecule has 12 heteroatoms. The predicted octanol–water partition coefficient (Wildman–Crippen LogP) is 3.32. The zero-order chi connectivity index (χ0) is 22.4. The summed E-state index contributed by atoms with van der Waals surface area (Å²) in [7, 11) is 0. The second kappa shape index (κ2) is 9.20. The van der Waals surface area contributed by atoms with E-state index in [-0.39, 0.29) is 11.1 Å². The molecule has 0 bridgehead atoms. The Labute approximate surface area is 165 Å². The number of rotatable bonds is 4. The van der Waals surface area contributed by atoms with Crippen LogP contribution < -0.4 is 10.9 Å². The van der Waals surface area contributed by atoms with Crippen LogP contribution in [0.1, 0.15) is 22.3 Å². The molecule has 2 rings (SSSR count). The molecule has 2 amide bonds. The zero-order valence-corrected chi connectivity index (χ0v) is 14.8. The van der Waals surface area contributed by atoms with Crippen molar-refractivity contribution in [2.75, 3.05) is 0 Å². The fraction of sp³-hybridized carbons (Fsp3) is 0.111. The van der Waals surface area contributed by atoms with Crippen molar-refractivity contribution in [1.29, 1.82) is 0 Å². The van der Waals surface area contributed by atoms with Crippen LogP contribution in [0.2, 0.25) is 0 Å². The molecular formula is C18H12F6N4O2. The largest absolute Gasteiger partial charge is 0.417 e. The van der Waals surface area contributed by atoms with E-state index in [1.165, 1.54) is 24.3 Å². The molecule has 0 saturated carbocycles. The highest BCUT2D eigenvalue weighted by molar-refractivity contribution is 6.35. The fourth-order valence-electron chi connectivity index (χ4n) is 2.16. The Kier molecular flexibility index (Phi) is 6.93. The van der Waals surface area contributed by atoms with Gasteiger partial charge < -0.3 is 0 Å². The fourth-order valence-corrected chi connectivity index (χ4v) is 2.16. The van der Waals surface area contributed by atoms with Crippen molar-refractivity contribution in [2.24, 2.45) is 10.2 Å². The van der Waals surface area contributed by atoms with E-state index in [2.05, 4.69) is 10.2 Å². The van der Waals surface area contributed by atoms with Gasteiger partial charge in [0.25, 0.3) is 0 Å². The van der Waals surface area contributed by atoms with Crippen molar-refractivity contribution in [3.8, 4) is 0 Å². The van der Waals surface area contributed by atoms with E-state index in [4.69, 9.17) is 0 Å². The molecule has 0 heterocycles. The van der Waals surface area contributed by atoms with Crippen molar-refractivity contribution >= 4 is 24.2 Å². The zero-order valence-electron chi connectivity index (χ0n) is 14.8. The third kappa shape index (κ3) is 6.15. The Morgan fingerprint density at radius 2 is 1.00 bits per heavy atom. The lowest BCUT2D eigenvalue weighted by Gasteiger charge is -2.09. The molecule has 0 unspecified atom stereocenters. The number of alkyl halides is 6. The normalized spacial score (nSPS) is 12.3. The number of nitrogens with one attached hydrogen (secondary N) is 2. The van der Waals surface area contributed by atoms with Crippen molar-refractivity contribution in [1.82, 2.24) is 10.9 Å². The SMILES string of the molecule is O=C(NN=Cc1ccccc1C(F)(F)F)C(=O)NN=Cc1ccccc1C(F)(F)F. The molecule has 0 aliphatic rings. The average Bonchev–Trinajstić information content (AvgIpc) is 2.67. The maximum atomic E-state index is 12.8. The van der Waals surface area contributed by atoms with Crippen molar-refractivity contribution in [2.45, 2.75) is 12.4 Å². The Morgan fingerprint density at radius 1 is 0.667 bits per heavy atom. The van der Waals surface area contributed by atoms with Gasteiger partial charge in [-0.05, 0) is 12.1 Å². The third-order valence-electron chi connectivity index (χ3n) is 3.48. The van der Waals surface area contributed by atoms with Gasteiger partial charge in [0.15, 0.2) is 0 Å². The van der Waals surface area contributed by atoms with Gasteiger partial charge in [-0.2, -0.15) is 36.5 Å². The molecule has 30 heavy (non-hydrogen) atoms. The van der Waals surface area contributed by atoms with Gasteiger partial charge in [-0.25, -0.2) is 10.9 Å². The summed E-state index contributed by atoms with van der Waals surface area (Å²) in [5, 5.41) is 6.53. The molecule has 2 N–H and O–H groups in total. The monoisotopic (exact) mass is 430 g/mol. The number of amides is 2. The van der Waals surface area contributed by atoms with Gasteiger partial charge >= 0.3 is 24.2 Å². The van der Waals surface area contributed by atoms with Gasteiger partial charge in [-0.3, -0.25) is 9.59 Å². The van der Waals surface area contributed by atoms with E-state index < -0.39 is 35.3 Å². The molecular weight excluding hydrogens is 418 g/mol. The molecule has 0 saturated heterocycles. The lowest BCUT2D eigenvalue weighted by molar-refractivity contribution is -0.139. The Morgan fingerprint density at radius 3 is 1.33 bits per heavy atom. The Bertz CT molecular complexity index is 904. The van der Waals surface area contributed by atoms with Gasteiger partial charge in [-0.15, -0.1) is 0 Å². The second-order valence-corrected chi connectivity index (χ2v) is 5.57. The quantitative estimate of drug-likeness (QED) is 0.338. The van der Waals surface area contributed by atoms with Crippen molar-refractivity contribution in [3.05, 3.63) is 70.8 Å². The summed E-state index contributed by atoms with van der Waals surface area (Å²) >= 11 is 0. The van der Waals surface area contributed by atoms with Gasteiger partial charge in [0, 0.05) is 11.1 Å². The Balaban J connectivity index is 1.98. The van der Waals surface area contributed by atoms with Gasteiger partial charge in [-0.1, -0.05) is 36.4 Å². The van der Waals surface area contributed by atoms with Crippen LogP contribution in [0, 0.1) is 0 Å². The van der Waals surface area contributed by atoms with Crippen LogP contribution in [-0.4, -0.2) is 24.2 Å². The first-order valence-corrected chi connectivity index (χ1v) is 7.99. The predicted molar refractivity (Wildman–Crippen MR) is 94.4 cm³/mol. The van der Waals surface area contributed by atoms with E-state index in [9.17, 15) is 35.9 Å². The second-order valence-electron chi connectivity index (χ2n) is 5.57. The smallest absolute Gasteiger partial charge is 0.262 e. The number of nitrogens with zero attached hydrogens (tertiary/aromatic N) is 2. The average molecular weight is 430 g/mol. The molecule has 0 spiro atoms. The number of hydrogen-bond donors (Lipinski definition) is 2. The van der Waals surface area contributed by atoms with Crippen molar-refractivity contribution in [3.63, 3.8) is 0 Å². The first-order valence-electron chi connectivity index (χ1n) is 7.99. The topological polar surface area (TPSA) is 82.9 Å². The molecule has 2 aromatic rings. The molecule has 0 aliphatic carbocycles. The summed E-state index contributed by atoms with van der Waals surface area (Å²) in [6.45, 7) is 0. The molecule has 0 aliphatic heterocycles. The highest BCUT2D eigenvalue weighted by atomic mass is 19.4. The summed E-state index contributed by atoms with van der Waals surface area (Å²) in [6, 6.07) is 8.79. The third-order valence-corrected chi connectivity index (χ3v) is 3.48. The molecule has 6 nitrogen and oxygen atoms in total. The summed E-state index contributed by atoms with van der Waals surface area (Å²) < 4.78 is 77.1. The lowest BCUT2D eigenvalue weighted by Crippen LogP contribution is -2.35. The van der Waals surface area contributed by atoms with Crippen LogP contribution in [0.15, 0.2) is 58.7 Å². The number of halogens is 6. The summed E-state index contributed by atoms with van der Waals surface area (Å²) in [5.74, 6) is -2.78. The Hall–Kier alpha value is -3.70. The first-order chi connectivity index (χ1) is 14.0. The van der Waals surface area contributed by atoms with Gasteiger partial charge in [0.2, 0.25) is 0 Å². The molecule has 0 atom stereocenters. The maximum absolute atomic E-state index is 12.8. The maximum Gasteiger partial charge on any atom is 0.417 e. The first kappa shape index (κ1) is 22.6. The van der Waals surface area contributed by atoms with Crippen LogP contribution in [0.3, 0.4) is 0 Å². The van der Waals surface area contributed by atoms with Crippen LogP contribution in [0.25, 0.3) is 0 Å². The molecule has 0 fully saturated rings. The van der Waals surface area contributed by atoms with Crippen LogP contribution in [0.4, 0.5) is 26.3 Å². The van der Waals surface area contributed by atoms with E-state index in [0.717, 1.165) is 24.3 Å². The number of carbonyl (C=O) groups is 2. The number of carbonyl (C=O) groups excluding carboxylic acids is 2. The minimum absolute atomic E-state index is 0.354. The highest BCUT2D eigenvalue weighted by Crippen LogP contribution is 2.31. The van der Waals surface area contributed by atoms with E-state index >= 15 is 0 Å². The van der Waals surface area contributed by atoms with E-state index in [0.29, 0.717) is 12.4 Å². The lowest BCUT2D eigenvalue weighted by atomic mass is 10.1. The number of hydrazone groups is 2. The summed E-state index contributed by atoms with van der Waals surface area (Å²) in [5.41, 5.74) is 0.675. The van der Waals surface area contributed by atoms with E-state index in [1.807, 2.05) is 0 Å². The summed E-state index contributed by atoms with van der Waals surface area (Å²) in [6.07, 6.45) is -7.91. The highest BCUT2D eigenvalue weighted by Gasteiger charge is 2.33. The van der Waals surface area contributed by atoms with Gasteiger partial charge in [0.1, 0.15) is 0 Å². The van der Waals surface area contributed by atoms with Crippen LogP contribution >= 0.6 is 0 Å². The summed E-state index contributed by atoms with van der Waals surface area (Å²) in [4.78, 5) is 23.1. The molecule has 158 valence electrons.